The minimum atomic E-state index is -0.489. The Labute approximate surface area is 197 Å². The van der Waals surface area contributed by atoms with E-state index in [9.17, 15) is 19.7 Å². The second-order valence-electron chi connectivity index (χ2n) is 8.43. The Bertz CT molecular complexity index is 1210. The maximum Gasteiger partial charge on any atom is 0.346 e. The first kappa shape index (κ1) is 23.4. The molecule has 10 heteroatoms. The number of aromatic nitrogens is 3. The molecule has 4 rings (SSSR count). The second kappa shape index (κ2) is 10.4. The number of nitro benzene ring substituents is 1. The van der Waals surface area contributed by atoms with Crippen molar-refractivity contribution in [3.63, 3.8) is 0 Å². The molecule has 0 radical (unpaired) electrons. The molecule has 0 saturated carbocycles. The molecule has 10 nitrogen and oxygen atoms in total. The summed E-state index contributed by atoms with van der Waals surface area (Å²) in [4.78, 5) is 37.8. The first-order valence-corrected chi connectivity index (χ1v) is 11.4. The Morgan fingerprint density at radius 3 is 2.56 bits per heavy atom. The summed E-state index contributed by atoms with van der Waals surface area (Å²) < 4.78 is 3.28. The van der Waals surface area contributed by atoms with Crippen molar-refractivity contribution < 1.29 is 9.72 Å². The van der Waals surface area contributed by atoms with Crippen molar-refractivity contribution >= 4 is 17.3 Å². The Balaban J connectivity index is 1.36. The van der Waals surface area contributed by atoms with E-state index >= 15 is 0 Å². The zero-order chi connectivity index (χ0) is 24.1. The molecular formula is C24H28N6O4. The summed E-state index contributed by atoms with van der Waals surface area (Å²) in [5, 5.41) is 18.3. The predicted octanol–water partition coefficient (Wildman–Crippen LogP) is 2.84. The average Bonchev–Trinajstić information content (AvgIpc) is 3.15. The number of non-ortho nitro benzene ring substituents is 1. The number of nitro groups is 1. The number of rotatable bonds is 8. The van der Waals surface area contributed by atoms with Gasteiger partial charge in [0.15, 0.2) is 0 Å². The van der Waals surface area contributed by atoms with Crippen LogP contribution in [0.3, 0.4) is 0 Å². The molecule has 1 aliphatic rings. The van der Waals surface area contributed by atoms with Crippen LogP contribution in [0.25, 0.3) is 0 Å². The van der Waals surface area contributed by atoms with Crippen LogP contribution in [0, 0.1) is 10.1 Å². The highest BCUT2D eigenvalue weighted by atomic mass is 16.6. The van der Waals surface area contributed by atoms with Crippen molar-refractivity contribution in [2.45, 2.75) is 38.8 Å². The first-order valence-electron chi connectivity index (χ1n) is 11.4. The largest absolute Gasteiger partial charge is 0.346 e. The van der Waals surface area contributed by atoms with Crippen molar-refractivity contribution in [3.05, 3.63) is 86.6 Å². The second-order valence-corrected chi connectivity index (χ2v) is 8.43. The standard InChI is InChI=1S/C24H28N6O4/c1-2-28-23(26-29(24(28)32)16-18-7-4-3-5-8-18)19-11-13-27(14-12-19)17-22(31)25-20-9-6-10-21(15-20)30(33)34/h3-10,15,19H,2,11-14,16-17H2,1H3,(H,25,31). The Kier molecular flexibility index (Phi) is 7.17. The number of benzene rings is 2. The van der Waals surface area contributed by atoms with Crippen molar-refractivity contribution in [2.24, 2.45) is 0 Å². The Morgan fingerprint density at radius 2 is 1.88 bits per heavy atom. The van der Waals surface area contributed by atoms with E-state index in [1.54, 1.807) is 16.7 Å². The summed E-state index contributed by atoms with van der Waals surface area (Å²) in [6.45, 7) is 4.57. The molecule has 2 aromatic carbocycles. The summed E-state index contributed by atoms with van der Waals surface area (Å²) in [6, 6.07) is 15.7. The number of nitrogens with one attached hydrogen (secondary N) is 1. The molecule has 0 bridgehead atoms. The van der Waals surface area contributed by atoms with Crippen LogP contribution in [0.2, 0.25) is 0 Å². The van der Waals surface area contributed by atoms with Gasteiger partial charge >= 0.3 is 5.69 Å². The molecule has 1 saturated heterocycles. The molecule has 1 fully saturated rings. The molecule has 178 valence electrons. The molecule has 0 spiro atoms. The third-order valence-corrected chi connectivity index (χ3v) is 6.10. The van der Waals surface area contributed by atoms with Crippen LogP contribution in [0.15, 0.2) is 59.4 Å². The molecule has 1 aliphatic heterocycles. The van der Waals surface area contributed by atoms with Gasteiger partial charge in [-0.25, -0.2) is 9.48 Å². The minimum absolute atomic E-state index is 0.0627. The fourth-order valence-electron chi connectivity index (χ4n) is 4.37. The van der Waals surface area contributed by atoms with E-state index in [4.69, 9.17) is 0 Å². The minimum Gasteiger partial charge on any atom is -0.325 e. The van der Waals surface area contributed by atoms with Crippen molar-refractivity contribution in [2.75, 3.05) is 25.0 Å². The first-order chi connectivity index (χ1) is 16.4. The van der Waals surface area contributed by atoms with Crippen LogP contribution >= 0.6 is 0 Å². The lowest BCUT2D eigenvalue weighted by atomic mass is 9.96. The normalized spacial score (nSPS) is 14.7. The number of amides is 1. The van der Waals surface area contributed by atoms with E-state index in [1.807, 2.05) is 37.3 Å². The van der Waals surface area contributed by atoms with Crippen LogP contribution < -0.4 is 11.0 Å². The third kappa shape index (κ3) is 5.40. The van der Waals surface area contributed by atoms with Gasteiger partial charge in [-0.05, 0) is 44.5 Å². The topological polar surface area (TPSA) is 115 Å². The summed E-state index contributed by atoms with van der Waals surface area (Å²) in [7, 11) is 0. The van der Waals surface area contributed by atoms with Crippen molar-refractivity contribution in [1.82, 2.24) is 19.2 Å². The van der Waals surface area contributed by atoms with E-state index in [-0.39, 0.29) is 29.7 Å². The van der Waals surface area contributed by atoms with Crippen molar-refractivity contribution in [1.29, 1.82) is 0 Å². The fourth-order valence-corrected chi connectivity index (χ4v) is 4.37. The summed E-state index contributed by atoms with van der Waals surface area (Å²) in [5.41, 5.74) is 1.28. The van der Waals surface area contributed by atoms with Crippen LogP contribution in [0.4, 0.5) is 11.4 Å². The number of likely N-dealkylation sites (tertiary alicyclic amines) is 1. The van der Waals surface area contributed by atoms with Gasteiger partial charge in [-0.3, -0.25) is 24.4 Å². The van der Waals surface area contributed by atoms with E-state index in [0.717, 1.165) is 24.2 Å². The van der Waals surface area contributed by atoms with Crippen LogP contribution in [-0.4, -0.2) is 49.7 Å². The molecule has 0 atom stereocenters. The van der Waals surface area contributed by atoms with Crippen LogP contribution in [0.1, 0.15) is 37.1 Å². The van der Waals surface area contributed by atoms with Gasteiger partial charge in [-0.1, -0.05) is 36.4 Å². The monoisotopic (exact) mass is 464 g/mol. The van der Waals surface area contributed by atoms with Gasteiger partial charge in [0.05, 0.1) is 18.0 Å². The molecule has 0 aliphatic carbocycles. The molecule has 1 aromatic heterocycles. The highest BCUT2D eigenvalue weighted by Crippen LogP contribution is 2.26. The van der Waals surface area contributed by atoms with E-state index in [0.29, 0.717) is 31.9 Å². The Morgan fingerprint density at radius 1 is 1.15 bits per heavy atom. The lowest BCUT2D eigenvalue weighted by Gasteiger charge is -2.30. The number of anilines is 1. The molecule has 1 N–H and O–H groups in total. The number of carbonyl (C=O) groups excluding carboxylic acids is 1. The highest BCUT2D eigenvalue weighted by molar-refractivity contribution is 5.92. The van der Waals surface area contributed by atoms with Crippen LogP contribution in [0.5, 0.6) is 0 Å². The van der Waals surface area contributed by atoms with Crippen LogP contribution in [-0.2, 0) is 17.9 Å². The highest BCUT2D eigenvalue weighted by Gasteiger charge is 2.27. The zero-order valence-corrected chi connectivity index (χ0v) is 19.1. The summed E-state index contributed by atoms with van der Waals surface area (Å²) in [6.07, 6.45) is 1.59. The van der Waals surface area contributed by atoms with Gasteiger partial charge in [0, 0.05) is 30.3 Å². The number of piperidine rings is 1. The third-order valence-electron chi connectivity index (χ3n) is 6.10. The number of nitrogens with zero attached hydrogens (tertiary/aromatic N) is 5. The molecule has 2 heterocycles. The molecule has 1 amide bonds. The Hall–Kier alpha value is -3.79. The number of hydrogen-bond donors (Lipinski definition) is 1. The lowest BCUT2D eigenvalue weighted by molar-refractivity contribution is -0.384. The van der Waals surface area contributed by atoms with E-state index in [2.05, 4.69) is 15.3 Å². The molecule has 0 unspecified atom stereocenters. The molecule has 3 aromatic rings. The fraction of sp³-hybridized carbons (Fsp3) is 0.375. The SMILES string of the molecule is CCn1c(C2CCN(CC(=O)Nc3cccc([N+](=O)[O-])c3)CC2)nn(Cc2ccccc2)c1=O. The van der Waals surface area contributed by atoms with Gasteiger partial charge in [0.2, 0.25) is 5.91 Å². The van der Waals surface area contributed by atoms with Gasteiger partial charge < -0.3 is 5.32 Å². The van der Waals surface area contributed by atoms with E-state index in [1.165, 1.54) is 16.8 Å². The molecular weight excluding hydrogens is 436 g/mol. The van der Waals surface area contributed by atoms with E-state index < -0.39 is 4.92 Å². The number of carbonyl (C=O) groups is 1. The lowest BCUT2D eigenvalue weighted by Crippen LogP contribution is -2.39. The van der Waals surface area contributed by atoms with Gasteiger partial charge in [-0.2, -0.15) is 5.10 Å². The van der Waals surface area contributed by atoms with Gasteiger partial charge in [0.1, 0.15) is 5.82 Å². The van der Waals surface area contributed by atoms with Crippen molar-refractivity contribution in [3.8, 4) is 0 Å². The quantitative estimate of drug-likeness (QED) is 0.405. The maximum absolute atomic E-state index is 12.9. The number of hydrogen-bond acceptors (Lipinski definition) is 6. The summed E-state index contributed by atoms with van der Waals surface area (Å²) in [5.74, 6) is 0.751. The summed E-state index contributed by atoms with van der Waals surface area (Å²) >= 11 is 0. The maximum atomic E-state index is 12.9. The molecule has 34 heavy (non-hydrogen) atoms. The average molecular weight is 465 g/mol. The predicted molar refractivity (Wildman–Crippen MR) is 128 cm³/mol. The van der Waals surface area contributed by atoms with Gasteiger partial charge in [-0.15, -0.1) is 0 Å². The van der Waals surface area contributed by atoms with Gasteiger partial charge in [0.25, 0.3) is 5.69 Å². The smallest absolute Gasteiger partial charge is 0.325 e. The zero-order valence-electron chi connectivity index (χ0n) is 19.1.